The summed E-state index contributed by atoms with van der Waals surface area (Å²) in [5, 5.41) is 0. The van der Waals surface area contributed by atoms with Crippen molar-refractivity contribution in [3.05, 3.63) is 64.3 Å². The van der Waals surface area contributed by atoms with Crippen LogP contribution < -0.4 is 15.0 Å². The molecule has 0 atom stereocenters. The van der Waals surface area contributed by atoms with Gasteiger partial charge in [-0.1, -0.05) is 6.07 Å². The van der Waals surface area contributed by atoms with Gasteiger partial charge >= 0.3 is 6.09 Å². The Hall–Kier alpha value is -3.66. The molecule has 208 valence electrons. The molecule has 0 N–H and O–H groups in total. The Morgan fingerprint density at radius 3 is 2.56 bits per heavy atom. The van der Waals surface area contributed by atoms with Gasteiger partial charge in [-0.25, -0.2) is 14.2 Å². The molecule has 2 aliphatic rings. The van der Waals surface area contributed by atoms with E-state index < -0.39 is 11.4 Å². The van der Waals surface area contributed by atoms with Crippen LogP contribution in [0.15, 0.2) is 47.4 Å². The Kier molecular flexibility index (Phi) is 7.74. The molecule has 10 heteroatoms. The van der Waals surface area contributed by atoms with Gasteiger partial charge in [0.25, 0.3) is 5.56 Å². The molecule has 3 aromatic rings. The second kappa shape index (κ2) is 11.2. The summed E-state index contributed by atoms with van der Waals surface area (Å²) in [4.78, 5) is 34.0. The van der Waals surface area contributed by atoms with Gasteiger partial charge in [-0.3, -0.25) is 4.79 Å². The fourth-order valence-electron chi connectivity index (χ4n) is 5.37. The number of aromatic nitrogens is 2. The van der Waals surface area contributed by atoms with E-state index >= 15 is 0 Å². The molecule has 9 nitrogen and oxygen atoms in total. The zero-order valence-electron chi connectivity index (χ0n) is 22.7. The second-order valence-corrected chi connectivity index (χ2v) is 11.0. The van der Waals surface area contributed by atoms with E-state index in [0.717, 1.165) is 31.5 Å². The van der Waals surface area contributed by atoms with E-state index in [-0.39, 0.29) is 24.3 Å². The summed E-state index contributed by atoms with van der Waals surface area (Å²) in [5.74, 6) is 0.975. The summed E-state index contributed by atoms with van der Waals surface area (Å²) in [6.07, 6.45) is 2.52. The Morgan fingerprint density at radius 2 is 1.82 bits per heavy atom. The number of carbonyl (C=O) groups is 1. The smallest absolute Gasteiger partial charge is 0.410 e. The molecule has 0 spiro atoms. The number of hydrogen-bond donors (Lipinski definition) is 0. The number of rotatable bonds is 6. The molecule has 1 fully saturated rings. The first kappa shape index (κ1) is 26.9. The summed E-state index contributed by atoms with van der Waals surface area (Å²) in [5.41, 5.74) is 1.27. The van der Waals surface area contributed by atoms with Crippen molar-refractivity contribution in [2.45, 2.75) is 58.3 Å². The highest BCUT2D eigenvalue weighted by atomic mass is 19.1. The molecular formula is C29H35FN4O5. The van der Waals surface area contributed by atoms with Crippen LogP contribution in [0.2, 0.25) is 0 Å². The van der Waals surface area contributed by atoms with Crippen molar-refractivity contribution >= 4 is 17.1 Å². The molecule has 1 aromatic heterocycles. The largest absolute Gasteiger partial charge is 0.486 e. The lowest BCUT2D eigenvalue weighted by atomic mass is 9.97. The zero-order valence-corrected chi connectivity index (χ0v) is 22.7. The lowest BCUT2D eigenvalue weighted by Crippen LogP contribution is -2.55. The number of piperidine rings is 1. The van der Waals surface area contributed by atoms with Crippen molar-refractivity contribution in [3.63, 3.8) is 0 Å². The average molecular weight is 539 g/mol. The molecule has 3 heterocycles. The van der Waals surface area contributed by atoms with Crippen LogP contribution in [-0.4, -0.2) is 69.9 Å². The van der Waals surface area contributed by atoms with Gasteiger partial charge in [0, 0.05) is 37.8 Å². The number of amides is 1. The number of benzene rings is 2. The van der Waals surface area contributed by atoms with E-state index in [9.17, 15) is 14.0 Å². The van der Waals surface area contributed by atoms with Crippen molar-refractivity contribution < 1.29 is 23.4 Å². The molecule has 0 aliphatic carbocycles. The van der Waals surface area contributed by atoms with Gasteiger partial charge in [0.05, 0.1) is 17.2 Å². The van der Waals surface area contributed by atoms with Crippen LogP contribution >= 0.6 is 0 Å². The number of likely N-dealkylation sites (tertiary alicyclic amines) is 1. The van der Waals surface area contributed by atoms with Gasteiger partial charge < -0.3 is 28.6 Å². The predicted octanol–water partition coefficient (Wildman–Crippen LogP) is 4.21. The normalized spacial score (nSPS) is 16.3. The Labute approximate surface area is 227 Å². The number of ether oxygens (including phenoxy) is 3. The monoisotopic (exact) mass is 538 g/mol. The van der Waals surface area contributed by atoms with Crippen LogP contribution in [0.5, 0.6) is 11.5 Å². The number of fused-ring (bicyclic) bond motifs is 2. The Bertz CT molecular complexity index is 1390. The van der Waals surface area contributed by atoms with E-state index in [1.54, 1.807) is 10.6 Å². The van der Waals surface area contributed by atoms with Crippen LogP contribution in [0.1, 0.15) is 39.2 Å². The molecule has 39 heavy (non-hydrogen) atoms. The molecule has 0 bridgehead atoms. The second-order valence-electron chi connectivity index (χ2n) is 11.0. The third-order valence-corrected chi connectivity index (χ3v) is 7.26. The highest BCUT2D eigenvalue weighted by molar-refractivity contribution is 5.74. The fraction of sp³-hybridized carbons (Fsp3) is 0.483. The van der Waals surface area contributed by atoms with Crippen LogP contribution in [0, 0.1) is 5.82 Å². The molecule has 0 saturated carbocycles. The standard InChI is InChI=1S/C29H35FN4O5/c1-29(2,3)34(28(36)39-19-20-4-7-25-26(16-20)38-15-14-37-25)22-8-10-32(11-9-22)12-13-33-24-17-21(30)5-6-23(24)31-18-27(33)35/h4-7,16-18,22H,8-15,19H2,1-3H3. The number of carbonyl (C=O) groups excluding carboxylic acids is 1. The van der Waals surface area contributed by atoms with E-state index in [0.29, 0.717) is 48.8 Å². The van der Waals surface area contributed by atoms with Gasteiger partial charge in [0.15, 0.2) is 11.5 Å². The van der Waals surface area contributed by atoms with Gasteiger partial charge in [-0.2, -0.15) is 0 Å². The SMILES string of the molecule is CC(C)(C)N(C(=O)OCc1ccc2c(c1)OCCO2)C1CCN(CCn2c(=O)cnc3ccc(F)cc32)CC1. The van der Waals surface area contributed by atoms with E-state index in [1.165, 1.54) is 18.3 Å². The number of nitrogens with zero attached hydrogens (tertiary/aromatic N) is 4. The maximum absolute atomic E-state index is 13.8. The zero-order chi connectivity index (χ0) is 27.6. The fourth-order valence-corrected chi connectivity index (χ4v) is 5.37. The van der Waals surface area contributed by atoms with E-state index in [4.69, 9.17) is 14.2 Å². The van der Waals surface area contributed by atoms with Gasteiger partial charge in [-0.05, 0) is 69.5 Å². The highest BCUT2D eigenvalue weighted by Gasteiger charge is 2.36. The molecule has 1 saturated heterocycles. The maximum Gasteiger partial charge on any atom is 0.410 e. The maximum atomic E-state index is 13.8. The summed E-state index contributed by atoms with van der Waals surface area (Å²) in [7, 11) is 0. The lowest BCUT2D eigenvalue weighted by Gasteiger charge is -2.44. The highest BCUT2D eigenvalue weighted by Crippen LogP contribution is 2.31. The summed E-state index contributed by atoms with van der Waals surface area (Å²) >= 11 is 0. The van der Waals surface area contributed by atoms with Crippen LogP contribution in [0.25, 0.3) is 11.0 Å². The molecule has 2 aliphatic heterocycles. The van der Waals surface area contributed by atoms with Crippen LogP contribution in [0.3, 0.4) is 0 Å². The first-order valence-electron chi connectivity index (χ1n) is 13.4. The van der Waals surface area contributed by atoms with Gasteiger partial charge in [-0.15, -0.1) is 0 Å². The van der Waals surface area contributed by atoms with Crippen molar-refractivity contribution in [1.29, 1.82) is 0 Å². The topological polar surface area (TPSA) is 86.1 Å². The van der Waals surface area contributed by atoms with Crippen LogP contribution in [-0.2, 0) is 17.9 Å². The summed E-state index contributed by atoms with van der Waals surface area (Å²) < 4.78 is 32.4. The molecule has 1 amide bonds. The minimum absolute atomic E-state index is 0.0348. The van der Waals surface area contributed by atoms with Crippen molar-refractivity contribution in [3.8, 4) is 11.5 Å². The first-order valence-corrected chi connectivity index (χ1v) is 13.4. The van der Waals surface area contributed by atoms with Crippen molar-refractivity contribution in [2.75, 3.05) is 32.8 Å². The van der Waals surface area contributed by atoms with Gasteiger partial charge in [0.2, 0.25) is 0 Å². The molecule has 0 unspecified atom stereocenters. The first-order chi connectivity index (χ1) is 18.7. The van der Waals surface area contributed by atoms with Crippen molar-refractivity contribution in [2.24, 2.45) is 0 Å². The minimum atomic E-state index is -0.413. The number of halogens is 1. The quantitative estimate of drug-likeness (QED) is 0.465. The Balaban J connectivity index is 1.18. The lowest BCUT2D eigenvalue weighted by molar-refractivity contribution is 0.0196. The molecule has 2 aromatic carbocycles. The molecule has 5 rings (SSSR count). The van der Waals surface area contributed by atoms with Crippen molar-refractivity contribution in [1.82, 2.24) is 19.4 Å². The number of hydrogen-bond acceptors (Lipinski definition) is 7. The third kappa shape index (κ3) is 6.16. The van der Waals surface area contributed by atoms with E-state index in [2.05, 4.69) is 9.88 Å². The third-order valence-electron chi connectivity index (χ3n) is 7.26. The Morgan fingerprint density at radius 1 is 1.08 bits per heavy atom. The molecular weight excluding hydrogens is 503 g/mol. The minimum Gasteiger partial charge on any atom is -0.486 e. The van der Waals surface area contributed by atoms with Crippen LogP contribution in [0.4, 0.5) is 9.18 Å². The van der Waals surface area contributed by atoms with E-state index in [1.807, 2.05) is 43.9 Å². The average Bonchev–Trinajstić information content (AvgIpc) is 2.91. The molecule has 0 radical (unpaired) electrons. The van der Waals surface area contributed by atoms with Gasteiger partial charge in [0.1, 0.15) is 25.6 Å². The summed E-state index contributed by atoms with van der Waals surface area (Å²) in [6, 6.07) is 9.89. The summed E-state index contributed by atoms with van der Waals surface area (Å²) in [6.45, 7) is 9.87. The predicted molar refractivity (Wildman–Crippen MR) is 145 cm³/mol.